The molecule has 12 nitrogen and oxygen atoms in total. The number of benzene rings is 2. The standard InChI is InChI=1S/C30H33N5O7/c1-18-14-35(19(2)16-36)29(38)23-12-21(32-28(37)20-8-10-31-11-9-20)4-6-24(23)42-27(18)15-34(3)30(39)33-22-5-7-25-26(13-22)41-17-40-25/h4-13,18-19,27,36H,14-17H2,1-3H3,(H,32,37)(H,33,39)/t18-,19+,27+/m0/s1. The van der Waals surface area contributed by atoms with Gasteiger partial charge in [-0.05, 0) is 49.4 Å². The molecule has 0 aliphatic carbocycles. The van der Waals surface area contributed by atoms with E-state index in [9.17, 15) is 19.5 Å². The van der Waals surface area contributed by atoms with Gasteiger partial charge in [0.15, 0.2) is 11.5 Å². The number of aromatic nitrogens is 1. The highest BCUT2D eigenvalue weighted by Crippen LogP contribution is 2.34. The van der Waals surface area contributed by atoms with E-state index in [1.54, 1.807) is 67.4 Å². The summed E-state index contributed by atoms with van der Waals surface area (Å²) in [7, 11) is 1.66. The third-order valence-electron chi connectivity index (χ3n) is 7.29. The highest BCUT2D eigenvalue weighted by Gasteiger charge is 2.34. The van der Waals surface area contributed by atoms with Gasteiger partial charge in [0.25, 0.3) is 11.8 Å². The molecule has 5 rings (SSSR count). The molecule has 0 fully saturated rings. The summed E-state index contributed by atoms with van der Waals surface area (Å²) in [4.78, 5) is 46.5. The Morgan fingerprint density at radius 1 is 1.05 bits per heavy atom. The third kappa shape index (κ3) is 6.23. The summed E-state index contributed by atoms with van der Waals surface area (Å²) in [5.41, 5.74) is 1.63. The number of ether oxygens (including phenoxy) is 3. The van der Waals surface area contributed by atoms with Crippen LogP contribution in [0.25, 0.3) is 0 Å². The SMILES string of the molecule is C[C@H](CO)N1C[C@H](C)[C@@H](CN(C)C(=O)Nc2ccc3c(c2)OCO3)Oc2ccc(NC(=O)c3ccncc3)cc2C1=O. The minimum absolute atomic E-state index is 0.137. The van der Waals surface area contributed by atoms with E-state index in [1.807, 2.05) is 6.92 Å². The first-order chi connectivity index (χ1) is 20.2. The molecule has 3 N–H and O–H groups in total. The Morgan fingerprint density at radius 2 is 1.74 bits per heavy atom. The van der Waals surface area contributed by atoms with E-state index in [1.165, 1.54) is 17.3 Å². The van der Waals surface area contributed by atoms with E-state index < -0.39 is 12.1 Å². The third-order valence-corrected chi connectivity index (χ3v) is 7.29. The summed E-state index contributed by atoms with van der Waals surface area (Å²) < 4.78 is 17.1. The van der Waals surface area contributed by atoms with Crippen LogP contribution in [0.5, 0.6) is 17.2 Å². The lowest BCUT2D eigenvalue weighted by Gasteiger charge is -2.38. The van der Waals surface area contributed by atoms with Crippen molar-refractivity contribution in [2.75, 3.05) is 44.2 Å². The second-order valence-corrected chi connectivity index (χ2v) is 10.4. The number of hydrogen-bond donors (Lipinski definition) is 3. The van der Waals surface area contributed by atoms with Gasteiger partial charge >= 0.3 is 6.03 Å². The molecule has 42 heavy (non-hydrogen) atoms. The van der Waals surface area contributed by atoms with Crippen LogP contribution in [0, 0.1) is 5.92 Å². The van der Waals surface area contributed by atoms with Crippen molar-refractivity contribution in [2.24, 2.45) is 5.92 Å². The molecule has 3 heterocycles. The molecule has 0 bridgehead atoms. The number of pyridine rings is 1. The predicted molar refractivity (Wildman–Crippen MR) is 154 cm³/mol. The second-order valence-electron chi connectivity index (χ2n) is 10.4. The van der Waals surface area contributed by atoms with E-state index in [-0.39, 0.29) is 55.8 Å². The van der Waals surface area contributed by atoms with Gasteiger partial charge in [-0.3, -0.25) is 14.6 Å². The molecule has 0 unspecified atom stereocenters. The molecule has 3 atom stereocenters. The lowest BCUT2D eigenvalue weighted by atomic mass is 9.99. The Balaban J connectivity index is 1.36. The number of urea groups is 1. The number of aliphatic hydroxyl groups excluding tert-OH is 1. The maximum atomic E-state index is 13.7. The van der Waals surface area contributed by atoms with Gasteiger partial charge in [-0.1, -0.05) is 6.92 Å². The maximum absolute atomic E-state index is 13.7. The van der Waals surface area contributed by atoms with Crippen molar-refractivity contribution in [1.82, 2.24) is 14.8 Å². The summed E-state index contributed by atoms with van der Waals surface area (Å²) in [6, 6.07) is 12.4. The van der Waals surface area contributed by atoms with Crippen LogP contribution in [-0.2, 0) is 0 Å². The molecule has 220 valence electrons. The van der Waals surface area contributed by atoms with Gasteiger partial charge in [0, 0.05) is 54.9 Å². The zero-order chi connectivity index (χ0) is 29.8. The summed E-state index contributed by atoms with van der Waals surface area (Å²) in [5, 5.41) is 15.6. The summed E-state index contributed by atoms with van der Waals surface area (Å²) in [6.45, 7) is 4.12. The van der Waals surface area contributed by atoms with E-state index in [0.717, 1.165) is 0 Å². The van der Waals surface area contributed by atoms with Crippen LogP contribution < -0.4 is 24.8 Å². The van der Waals surface area contributed by atoms with E-state index in [2.05, 4.69) is 15.6 Å². The minimum Gasteiger partial charge on any atom is -0.487 e. The Bertz CT molecular complexity index is 1470. The monoisotopic (exact) mass is 575 g/mol. The van der Waals surface area contributed by atoms with Crippen molar-refractivity contribution in [3.63, 3.8) is 0 Å². The molecule has 2 aliphatic heterocycles. The summed E-state index contributed by atoms with van der Waals surface area (Å²) >= 11 is 0. The molecule has 0 spiro atoms. The maximum Gasteiger partial charge on any atom is 0.321 e. The highest BCUT2D eigenvalue weighted by molar-refractivity contribution is 6.05. The number of nitrogens with zero attached hydrogens (tertiary/aromatic N) is 3. The van der Waals surface area contributed by atoms with Gasteiger partial charge in [-0.25, -0.2) is 4.79 Å². The normalized spacial score (nSPS) is 18.2. The fourth-order valence-corrected chi connectivity index (χ4v) is 4.77. The Kier molecular flexibility index (Phi) is 8.43. The van der Waals surface area contributed by atoms with Crippen LogP contribution in [0.2, 0.25) is 0 Å². The number of carbonyl (C=O) groups excluding carboxylic acids is 3. The van der Waals surface area contributed by atoms with Crippen molar-refractivity contribution < 1.29 is 33.7 Å². The first-order valence-corrected chi connectivity index (χ1v) is 13.6. The molecular weight excluding hydrogens is 542 g/mol. The fraction of sp³-hybridized carbons (Fsp3) is 0.333. The zero-order valence-corrected chi connectivity index (χ0v) is 23.6. The zero-order valence-electron chi connectivity index (χ0n) is 23.6. The lowest BCUT2D eigenvalue weighted by molar-refractivity contribution is 0.0371. The molecule has 1 aromatic heterocycles. The van der Waals surface area contributed by atoms with Gasteiger partial charge in [0.1, 0.15) is 11.9 Å². The van der Waals surface area contributed by atoms with Gasteiger partial charge in [0.05, 0.1) is 24.8 Å². The molecule has 2 aliphatic rings. The average molecular weight is 576 g/mol. The largest absolute Gasteiger partial charge is 0.487 e. The predicted octanol–water partition coefficient (Wildman–Crippen LogP) is 3.45. The average Bonchev–Trinajstić information content (AvgIpc) is 3.47. The van der Waals surface area contributed by atoms with Crippen LogP contribution in [0.15, 0.2) is 60.9 Å². The van der Waals surface area contributed by atoms with Crippen LogP contribution in [0.4, 0.5) is 16.2 Å². The van der Waals surface area contributed by atoms with Crippen LogP contribution in [0.1, 0.15) is 34.6 Å². The molecule has 0 saturated heterocycles. The number of likely N-dealkylation sites (N-methyl/N-ethyl adjacent to an activating group) is 1. The molecule has 0 saturated carbocycles. The van der Waals surface area contributed by atoms with E-state index in [4.69, 9.17) is 14.2 Å². The minimum atomic E-state index is -0.491. The van der Waals surface area contributed by atoms with Crippen LogP contribution in [0.3, 0.4) is 0 Å². The number of aliphatic hydroxyl groups is 1. The number of fused-ring (bicyclic) bond motifs is 2. The fourth-order valence-electron chi connectivity index (χ4n) is 4.77. The summed E-state index contributed by atoms with van der Waals surface area (Å²) in [5.74, 6) is 0.627. The number of nitrogens with one attached hydrogen (secondary N) is 2. The van der Waals surface area contributed by atoms with Crippen LogP contribution in [-0.4, -0.2) is 83.4 Å². The second kappa shape index (κ2) is 12.4. The number of anilines is 2. The van der Waals surface area contributed by atoms with Gasteiger partial charge < -0.3 is 39.8 Å². The molecule has 3 aromatic rings. The van der Waals surface area contributed by atoms with Crippen LogP contribution >= 0.6 is 0 Å². The number of hydrogen-bond acceptors (Lipinski definition) is 8. The smallest absolute Gasteiger partial charge is 0.321 e. The lowest BCUT2D eigenvalue weighted by Crippen LogP contribution is -2.50. The Labute approximate surface area is 243 Å². The molecule has 12 heteroatoms. The van der Waals surface area contributed by atoms with Gasteiger partial charge in [0.2, 0.25) is 6.79 Å². The first-order valence-electron chi connectivity index (χ1n) is 13.6. The molecule has 4 amide bonds. The summed E-state index contributed by atoms with van der Waals surface area (Å²) in [6.07, 6.45) is 2.55. The van der Waals surface area contributed by atoms with Crippen molar-refractivity contribution in [3.8, 4) is 17.2 Å². The van der Waals surface area contributed by atoms with Crippen molar-refractivity contribution in [1.29, 1.82) is 0 Å². The number of amides is 4. The van der Waals surface area contributed by atoms with Crippen molar-refractivity contribution >= 4 is 29.2 Å². The Hall–Kier alpha value is -4.84. The quantitative estimate of drug-likeness (QED) is 0.389. The highest BCUT2D eigenvalue weighted by atomic mass is 16.7. The Morgan fingerprint density at radius 3 is 2.48 bits per heavy atom. The van der Waals surface area contributed by atoms with Crippen molar-refractivity contribution in [2.45, 2.75) is 26.0 Å². The molecular formula is C30H33N5O7. The van der Waals surface area contributed by atoms with E-state index >= 15 is 0 Å². The molecule has 0 radical (unpaired) electrons. The first kappa shape index (κ1) is 28.7. The molecule has 2 aromatic carbocycles. The topological polar surface area (TPSA) is 143 Å². The van der Waals surface area contributed by atoms with Crippen molar-refractivity contribution in [3.05, 3.63) is 72.1 Å². The van der Waals surface area contributed by atoms with Gasteiger partial charge in [-0.15, -0.1) is 0 Å². The van der Waals surface area contributed by atoms with Gasteiger partial charge in [-0.2, -0.15) is 0 Å². The number of rotatable bonds is 7. The van der Waals surface area contributed by atoms with E-state index in [0.29, 0.717) is 34.2 Å². The number of carbonyl (C=O) groups is 3.